The highest BCUT2D eigenvalue weighted by Gasteiger charge is 2.33. The lowest BCUT2D eigenvalue weighted by Gasteiger charge is -2.21. The lowest BCUT2D eigenvalue weighted by atomic mass is 10.0. The van der Waals surface area contributed by atoms with Crippen molar-refractivity contribution in [2.45, 2.75) is 32.4 Å². The van der Waals surface area contributed by atoms with E-state index in [1.165, 1.54) is 16.2 Å². The summed E-state index contributed by atoms with van der Waals surface area (Å²) in [6.45, 7) is 2.84. The molecular formula is C19H20ClN5O3S. The number of nitrogens with two attached hydrogens (primary N) is 1. The molecule has 1 aromatic carbocycles. The van der Waals surface area contributed by atoms with Crippen molar-refractivity contribution >= 4 is 45.9 Å². The Bertz CT molecular complexity index is 1040. The lowest BCUT2D eigenvalue weighted by molar-refractivity contribution is -0.121. The number of aryl methyl sites for hydroxylation is 1. The second kappa shape index (κ2) is 7.31. The first-order chi connectivity index (χ1) is 13.8. The maximum atomic E-state index is 12.6. The summed E-state index contributed by atoms with van der Waals surface area (Å²) in [5.74, 6) is -0.582. The number of primary amides is 1. The number of fused-ring (bicyclic) bond motifs is 1. The number of urea groups is 1. The summed E-state index contributed by atoms with van der Waals surface area (Å²) in [5, 5.41) is 3.61. The number of benzene rings is 1. The number of amides is 4. The monoisotopic (exact) mass is 433 g/mol. The molecule has 0 radical (unpaired) electrons. The zero-order chi connectivity index (χ0) is 20.9. The fourth-order valence-corrected chi connectivity index (χ4v) is 5.13. The summed E-state index contributed by atoms with van der Waals surface area (Å²) in [6, 6.07) is 2.73. The van der Waals surface area contributed by atoms with Crippen LogP contribution in [0.5, 0.6) is 0 Å². The lowest BCUT2D eigenvalue weighted by Crippen LogP contribution is -2.45. The van der Waals surface area contributed by atoms with Crippen molar-refractivity contribution < 1.29 is 14.4 Å². The number of aromatic nitrogens is 1. The van der Waals surface area contributed by atoms with Crippen molar-refractivity contribution in [3.05, 3.63) is 34.0 Å². The minimum absolute atomic E-state index is 0.0832. The summed E-state index contributed by atoms with van der Waals surface area (Å²) >= 11 is 7.70. The van der Waals surface area contributed by atoms with Crippen LogP contribution >= 0.6 is 22.9 Å². The molecule has 3 N–H and O–H groups in total. The van der Waals surface area contributed by atoms with Crippen LogP contribution in [0.2, 0.25) is 5.02 Å². The Morgan fingerprint density at radius 3 is 2.86 bits per heavy atom. The van der Waals surface area contributed by atoms with Gasteiger partial charge in [0.2, 0.25) is 5.91 Å². The maximum Gasteiger partial charge on any atom is 0.324 e. The summed E-state index contributed by atoms with van der Waals surface area (Å²) in [7, 11) is 1.74. The Kier molecular flexibility index (Phi) is 4.95. The number of nitrogens with zero attached hydrogens (tertiary/aromatic N) is 3. The molecule has 10 heteroatoms. The van der Waals surface area contributed by atoms with Crippen LogP contribution in [0.15, 0.2) is 12.1 Å². The summed E-state index contributed by atoms with van der Waals surface area (Å²) < 4.78 is 0. The fraction of sp³-hybridized carbons (Fsp3) is 0.368. The molecule has 1 saturated heterocycles. The van der Waals surface area contributed by atoms with Gasteiger partial charge in [-0.15, -0.1) is 0 Å². The zero-order valence-electron chi connectivity index (χ0n) is 16.0. The van der Waals surface area contributed by atoms with Gasteiger partial charge in [-0.3, -0.25) is 14.9 Å². The molecule has 1 atom stereocenters. The van der Waals surface area contributed by atoms with Gasteiger partial charge in [-0.25, -0.2) is 9.78 Å². The van der Waals surface area contributed by atoms with E-state index in [-0.39, 0.29) is 11.9 Å². The molecule has 0 bridgehead atoms. The SMILES string of the molecule is Cc1nc(NC(=O)N2CCCC2C(N)=O)sc1-c1cc(Cl)c2c(c1)CN(C)C2=O. The largest absolute Gasteiger partial charge is 0.368 e. The quantitative estimate of drug-likeness (QED) is 0.775. The van der Waals surface area contributed by atoms with Gasteiger partial charge >= 0.3 is 6.03 Å². The van der Waals surface area contributed by atoms with Crippen molar-refractivity contribution in [3.63, 3.8) is 0 Å². The predicted octanol–water partition coefficient (Wildman–Crippen LogP) is 2.84. The molecular weight excluding hydrogens is 414 g/mol. The van der Waals surface area contributed by atoms with E-state index >= 15 is 0 Å². The van der Waals surface area contributed by atoms with Crippen LogP contribution in [0, 0.1) is 6.92 Å². The summed E-state index contributed by atoms with van der Waals surface area (Å²) in [4.78, 5) is 44.7. The van der Waals surface area contributed by atoms with Crippen molar-refractivity contribution in [2.75, 3.05) is 18.9 Å². The van der Waals surface area contributed by atoms with E-state index in [0.29, 0.717) is 35.2 Å². The first-order valence-corrected chi connectivity index (χ1v) is 10.4. The van der Waals surface area contributed by atoms with Crippen molar-refractivity contribution in [1.29, 1.82) is 0 Å². The zero-order valence-corrected chi connectivity index (χ0v) is 17.6. The molecule has 4 rings (SSSR count). The van der Waals surface area contributed by atoms with Crippen LogP contribution in [-0.2, 0) is 11.3 Å². The maximum absolute atomic E-state index is 12.6. The number of halogens is 1. The molecule has 29 heavy (non-hydrogen) atoms. The van der Waals surface area contributed by atoms with Gasteiger partial charge in [0.1, 0.15) is 6.04 Å². The van der Waals surface area contributed by atoms with E-state index in [4.69, 9.17) is 17.3 Å². The third-order valence-corrected chi connectivity index (χ3v) is 6.67. The van der Waals surface area contributed by atoms with E-state index in [1.807, 2.05) is 13.0 Å². The second-order valence-electron chi connectivity index (χ2n) is 7.27. The van der Waals surface area contributed by atoms with Gasteiger partial charge in [0.15, 0.2) is 5.13 Å². The Morgan fingerprint density at radius 1 is 1.38 bits per heavy atom. The molecule has 1 aromatic heterocycles. The van der Waals surface area contributed by atoms with Crippen LogP contribution in [0.1, 0.15) is 34.5 Å². The van der Waals surface area contributed by atoms with Crippen molar-refractivity contribution in [2.24, 2.45) is 5.73 Å². The smallest absolute Gasteiger partial charge is 0.324 e. The highest BCUT2D eigenvalue weighted by Crippen LogP contribution is 2.38. The normalized spacial score (nSPS) is 18.3. The Morgan fingerprint density at radius 2 is 2.14 bits per heavy atom. The number of rotatable bonds is 3. The van der Waals surface area contributed by atoms with Crippen LogP contribution < -0.4 is 11.1 Å². The van der Waals surface area contributed by atoms with Gasteiger partial charge in [0, 0.05) is 20.1 Å². The summed E-state index contributed by atoms with van der Waals surface area (Å²) in [5.41, 5.74) is 8.40. The second-order valence-corrected chi connectivity index (χ2v) is 8.68. The Labute approximate surface area is 176 Å². The number of hydrogen-bond acceptors (Lipinski definition) is 5. The topological polar surface area (TPSA) is 109 Å². The van der Waals surface area contributed by atoms with E-state index in [1.54, 1.807) is 18.0 Å². The average molecular weight is 434 g/mol. The molecule has 4 amide bonds. The molecule has 0 aliphatic carbocycles. The van der Waals surface area contributed by atoms with Crippen LogP contribution in [-0.4, -0.2) is 52.3 Å². The van der Waals surface area contributed by atoms with Gasteiger partial charge in [-0.1, -0.05) is 22.9 Å². The Balaban J connectivity index is 1.59. The van der Waals surface area contributed by atoms with E-state index in [2.05, 4.69) is 10.3 Å². The number of likely N-dealkylation sites (tertiary alicyclic amines) is 1. The molecule has 0 spiro atoms. The number of hydrogen-bond donors (Lipinski definition) is 2. The van der Waals surface area contributed by atoms with Gasteiger partial charge in [0.05, 0.1) is 21.2 Å². The molecule has 152 valence electrons. The third-order valence-electron chi connectivity index (χ3n) is 5.25. The van der Waals surface area contributed by atoms with Crippen LogP contribution in [0.25, 0.3) is 10.4 Å². The molecule has 2 aliphatic heterocycles. The van der Waals surface area contributed by atoms with Crippen LogP contribution in [0.3, 0.4) is 0 Å². The van der Waals surface area contributed by atoms with Crippen LogP contribution in [0.4, 0.5) is 9.93 Å². The first-order valence-electron chi connectivity index (χ1n) is 9.19. The minimum atomic E-state index is -0.583. The average Bonchev–Trinajstić information content (AvgIpc) is 3.33. The molecule has 2 aliphatic rings. The standard InChI is InChI=1S/C19H20ClN5O3S/c1-9-15(10-6-11-8-24(2)17(27)14(11)12(20)7-10)29-18(22-9)23-19(28)25-5-3-4-13(25)16(21)26/h6-7,13H,3-5,8H2,1-2H3,(H2,21,26)(H,22,23,28). The third kappa shape index (κ3) is 3.44. The van der Waals surface area contributed by atoms with Gasteiger partial charge in [-0.05, 0) is 43.0 Å². The fourth-order valence-electron chi connectivity index (χ4n) is 3.86. The number of thiazole rings is 1. The van der Waals surface area contributed by atoms with Gasteiger partial charge < -0.3 is 15.5 Å². The highest BCUT2D eigenvalue weighted by molar-refractivity contribution is 7.19. The van der Waals surface area contributed by atoms with Crippen molar-refractivity contribution in [3.8, 4) is 10.4 Å². The van der Waals surface area contributed by atoms with Crippen molar-refractivity contribution in [1.82, 2.24) is 14.8 Å². The molecule has 3 heterocycles. The van der Waals surface area contributed by atoms with E-state index in [9.17, 15) is 14.4 Å². The minimum Gasteiger partial charge on any atom is -0.368 e. The van der Waals surface area contributed by atoms with E-state index in [0.717, 1.165) is 28.1 Å². The molecule has 1 unspecified atom stereocenters. The molecule has 8 nitrogen and oxygen atoms in total. The molecule has 0 saturated carbocycles. The first kappa shape index (κ1) is 19.7. The summed E-state index contributed by atoms with van der Waals surface area (Å²) in [6.07, 6.45) is 1.32. The van der Waals surface area contributed by atoms with Gasteiger partial charge in [0.25, 0.3) is 5.91 Å². The highest BCUT2D eigenvalue weighted by atomic mass is 35.5. The number of anilines is 1. The van der Waals surface area contributed by atoms with E-state index < -0.39 is 11.9 Å². The Hall–Kier alpha value is -2.65. The van der Waals surface area contributed by atoms with Gasteiger partial charge in [-0.2, -0.15) is 0 Å². The molecule has 2 aromatic rings. The number of carbonyl (C=O) groups is 3. The predicted molar refractivity (Wildman–Crippen MR) is 111 cm³/mol. The molecule has 1 fully saturated rings. The number of nitrogens with one attached hydrogen (secondary N) is 1. The number of carbonyl (C=O) groups excluding carboxylic acids is 3.